The van der Waals surface area contributed by atoms with Crippen LogP contribution in [0.15, 0.2) is 48.5 Å². The van der Waals surface area contributed by atoms with Crippen molar-refractivity contribution in [1.82, 2.24) is 14.4 Å². The summed E-state index contributed by atoms with van der Waals surface area (Å²) in [4.78, 5) is 30.6. The predicted octanol–water partition coefficient (Wildman–Crippen LogP) is 5.32. The number of phenols is 1. The smallest absolute Gasteiger partial charge is 0.270 e. The molecule has 0 aliphatic carbocycles. The molecule has 2 aliphatic heterocycles. The molecule has 9 heteroatoms. The van der Waals surface area contributed by atoms with E-state index in [9.17, 15) is 14.7 Å². The van der Waals surface area contributed by atoms with E-state index in [2.05, 4.69) is 4.90 Å². The second kappa shape index (κ2) is 10.6. The zero-order chi connectivity index (χ0) is 27.0. The molecule has 2 saturated heterocycles. The van der Waals surface area contributed by atoms with Crippen LogP contribution in [0.25, 0.3) is 22.4 Å². The molecular weight excluding hydrogens is 523 g/mol. The van der Waals surface area contributed by atoms with Crippen molar-refractivity contribution in [1.29, 1.82) is 0 Å². The Morgan fingerprint density at radius 3 is 2.16 bits per heavy atom. The number of nitrogens with two attached hydrogens (primary N) is 1. The first-order valence-electron chi connectivity index (χ1n) is 13.0. The van der Waals surface area contributed by atoms with Crippen molar-refractivity contribution in [3.05, 3.63) is 64.3 Å². The van der Waals surface area contributed by atoms with E-state index >= 15 is 0 Å². The van der Waals surface area contributed by atoms with Gasteiger partial charge in [0.25, 0.3) is 5.91 Å². The molecule has 7 nitrogen and oxygen atoms in total. The van der Waals surface area contributed by atoms with E-state index in [0.717, 1.165) is 48.3 Å². The van der Waals surface area contributed by atoms with Crippen LogP contribution in [0.4, 0.5) is 0 Å². The Bertz CT molecular complexity index is 1350. The van der Waals surface area contributed by atoms with E-state index in [-0.39, 0.29) is 17.6 Å². The van der Waals surface area contributed by atoms with Gasteiger partial charge in [0.2, 0.25) is 5.91 Å². The predicted molar refractivity (Wildman–Crippen MR) is 150 cm³/mol. The van der Waals surface area contributed by atoms with Crippen LogP contribution in [0.3, 0.4) is 0 Å². The van der Waals surface area contributed by atoms with E-state index in [4.69, 9.17) is 28.9 Å². The average molecular weight is 556 g/mol. The summed E-state index contributed by atoms with van der Waals surface area (Å²) in [5, 5.41) is 10.8. The van der Waals surface area contributed by atoms with Gasteiger partial charge in [0, 0.05) is 41.3 Å². The van der Waals surface area contributed by atoms with Gasteiger partial charge in [0.05, 0.1) is 5.69 Å². The van der Waals surface area contributed by atoms with Crippen LogP contribution < -0.4 is 5.73 Å². The highest BCUT2D eigenvalue weighted by Crippen LogP contribution is 2.40. The normalized spacial score (nSPS) is 17.9. The van der Waals surface area contributed by atoms with E-state index in [1.807, 2.05) is 40.8 Å². The van der Waals surface area contributed by atoms with Crippen LogP contribution in [-0.4, -0.2) is 63.0 Å². The number of rotatable bonds is 5. The van der Waals surface area contributed by atoms with Gasteiger partial charge in [-0.1, -0.05) is 35.7 Å². The number of hydrogen-bond acceptors (Lipinski definition) is 4. The number of benzene rings is 2. The number of aromatic hydroxyl groups is 1. The number of carbonyl (C=O) groups is 2. The molecule has 1 aromatic heterocycles. The first-order chi connectivity index (χ1) is 18.2. The maximum absolute atomic E-state index is 13.9. The van der Waals surface area contributed by atoms with Gasteiger partial charge >= 0.3 is 0 Å². The number of hydrogen-bond donors (Lipinski definition) is 2. The number of piperidine rings is 2. The topological polar surface area (TPSA) is 91.8 Å². The van der Waals surface area contributed by atoms with Gasteiger partial charge < -0.3 is 20.3 Å². The Morgan fingerprint density at radius 1 is 0.895 bits per heavy atom. The highest BCUT2D eigenvalue weighted by atomic mass is 35.5. The molecule has 38 heavy (non-hydrogen) atoms. The molecule has 2 fully saturated rings. The monoisotopic (exact) mass is 554 g/mol. The minimum atomic E-state index is -0.690. The molecule has 0 bridgehead atoms. The van der Waals surface area contributed by atoms with Gasteiger partial charge in [-0.25, -0.2) is 0 Å². The maximum Gasteiger partial charge on any atom is 0.270 e. The second-order valence-corrected chi connectivity index (χ2v) is 11.1. The number of aromatic nitrogens is 1. The van der Waals surface area contributed by atoms with Crippen molar-refractivity contribution in [3.8, 4) is 28.1 Å². The molecule has 2 aromatic carbocycles. The second-order valence-electron chi connectivity index (χ2n) is 10.3. The summed E-state index contributed by atoms with van der Waals surface area (Å²) < 4.78 is 1.87. The summed E-state index contributed by atoms with van der Waals surface area (Å²) in [7, 11) is 1.86. The third-order valence-electron chi connectivity index (χ3n) is 8.11. The average Bonchev–Trinajstić information content (AvgIpc) is 3.25. The lowest BCUT2D eigenvalue weighted by molar-refractivity contribution is -0.134. The minimum absolute atomic E-state index is 0.111. The first kappa shape index (κ1) is 26.6. The maximum atomic E-state index is 13.9. The summed E-state index contributed by atoms with van der Waals surface area (Å²) in [5.74, 6) is -0.245. The molecule has 0 unspecified atom stereocenters. The Kier molecular flexibility index (Phi) is 7.45. The van der Waals surface area contributed by atoms with Crippen LogP contribution in [0, 0.1) is 0 Å². The number of halogens is 2. The molecule has 200 valence electrons. The summed E-state index contributed by atoms with van der Waals surface area (Å²) >= 11 is 12.7. The zero-order valence-electron chi connectivity index (χ0n) is 21.4. The molecule has 3 aromatic rings. The molecule has 5 rings (SSSR count). The van der Waals surface area contributed by atoms with Crippen molar-refractivity contribution >= 4 is 35.0 Å². The van der Waals surface area contributed by atoms with Gasteiger partial charge in [-0.15, -0.1) is 0 Å². The van der Waals surface area contributed by atoms with Crippen LogP contribution in [0.2, 0.25) is 10.0 Å². The van der Waals surface area contributed by atoms with Crippen LogP contribution in [0.5, 0.6) is 5.75 Å². The van der Waals surface area contributed by atoms with Crippen molar-refractivity contribution in [3.63, 3.8) is 0 Å². The number of carbonyl (C=O) groups excluding carboxylic acids is 2. The summed E-state index contributed by atoms with van der Waals surface area (Å²) in [6, 6.07) is 14.0. The molecule has 2 amide bonds. The third-order valence-corrected chi connectivity index (χ3v) is 8.66. The van der Waals surface area contributed by atoms with Crippen molar-refractivity contribution in [2.24, 2.45) is 12.8 Å². The number of phenolic OH excluding ortho intramolecular Hbond substituents is 1. The molecule has 3 heterocycles. The van der Waals surface area contributed by atoms with Crippen LogP contribution in [0.1, 0.15) is 42.6 Å². The standard InChI is InChI=1S/C29H32Cl2N4O3/c1-33-25(27(37)34-15-11-29(12-16-34,28(32)38)35-13-3-2-4-14-35)18-23(22-10-7-20(30)17-24(22)31)26(33)19-5-8-21(36)9-6-19/h5-10,17-18,36H,2-4,11-16H2,1H3,(H2,32,38). The van der Waals surface area contributed by atoms with Crippen molar-refractivity contribution < 1.29 is 14.7 Å². The van der Waals surface area contributed by atoms with Gasteiger partial charge in [0.1, 0.15) is 17.0 Å². The number of primary amides is 1. The minimum Gasteiger partial charge on any atom is -0.508 e. The van der Waals surface area contributed by atoms with E-state index < -0.39 is 5.54 Å². The number of likely N-dealkylation sites (tertiary alicyclic amines) is 2. The van der Waals surface area contributed by atoms with Gasteiger partial charge in [-0.05, 0) is 86.8 Å². The van der Waals surface area contributed by atoms with Crippen LogP contribution in [-0.2, 0) is 11.8 Å². The Labute approximate surface area is 232 Å². The third kappa shape index (κ3) is 4.79. The molecule has 0 spiro atoms. The van der Waals surface area contributed by atoms with Crippen LogP contribution >= 0.6 is 23.2 Å². The molecule has 0 saturated carbocycles. The van der Waals surface area contributed by atoms with E-state index in [0.29, 0.717) is 41.7 Å². The SMILES string of the molecule is Cn1c(C(=O)N2CCC(C(N)=O)(N3CCCCC3)CC2)cc(-c2ccc(Cl)cc2Cl)c1-c1ccc(O)cc1. The Hall–Kier alpha value is -3.00. The molecule has 0 radical (unpaired) electrons. The van der Waals surface area contributed by atoms with Gasteiger partial charge in [-0.3, -0.25) is 14.5 Å². The Balaban J connectivity index is 1.49. The summed E-state index contributed by atoms with van der Waals surface area (Å²) in [6.45, 7) is 2.65. The number of amides is 2. The largest absolute Gasteiger partial charge is 0.508 e. The lowest BCUT2D eigenvalue weighted by Gasteiger charge is -2.48. The molecule has 3 N–H and O–H groups in total. The lowest BCUT2D eigenvalue weighted by Crippen LogP contribution is -2.63. The first-order valence-corrected chi connectivity index (χ1v) is 13.8. The highest BCUT2D eigenvalue weighted by molar-refractivity contribution is 6.36. The lowest BCUT2D eigenvalue weighted by atomic mass is 9.83. The fourth-order valence-corrected chi connectivity index (χ4v) is 6.48. The molecule has 2 aliphatic rings. The fraction of sp³-hybridized carbons (Fsp3) is 0.379. The Morgan fingerprint density at radius 2 is 1.55 bits per heavy atom. The quantitative estimate of drug-likeness (QED) is 0.446. The molecule has 0 atom stereocenters. The van der Waals surface area contributed by atoms with E-state index in [1.165, 1.54) is 6.42 Å². The van der Waals surface area contributed by atoms with E-state index in [1.54, 1.807) is 24.3 Å². The summed E-state index contributed by atoms with van der Waals surface area (Å²) in [5.41, 5.74) is 8.95. The highest BCUT2D eigenvalue weighted by Gasteiger charge is 2.46. The van der Waals surface area contributed by atoms with Gasteiger partial charge in [0.15, 0.2) is 0 Å². The van der Waals surface area contributed by atoms with Crippen molar-refractivity contribution in [2.45, 2.75) is 37.6 Å². The summed E-state index contributed by atoms with van der Waals surface area (Å²) in [6.07, 6.45) is 4.36. The fourth-order valence-electron chi connectivity index (χ4n) is 5.97. The zero-order valence-corrected chi connectivity index (χ0v) is 22.9. The van der Waals surface area contributed by atoms with Gasteiger partial charge in [-0.2, -0.15) is 0 Å². The number of nitrogens with zero attached hydrogens (tertiary/aromatic N) is 3. The molecular formula is C29H32Cl2N4O3. The van der Waals surface area contributed by atoms with Crippen molar-refractivity contribution in [2.75, 3.05) is 26.2 Å².